The lowest BCUT2D eigenvalue weighted by atomic mass is 9.94. The van der Waals surface area contributed by atoms with Gasteiger partial charge in [-0.15, -0.1) is 0 Å². The minimum absolute atomic E-state index is 0.0417. The maximum atomic E-state index is 13.1. The Balaban J connectivity index is 3.08. The van der Waals surface area contributed by atoms with Crippen molar-refractivity contribution in [1.82, 2.24) is 5.32 Å². The molecule has 0 aliphatic heterocycles. The van der Waals surface area contributed by atoms with Gasteiger partial charge in [-0.25, -0.2) is 9.59 Å². The monoisotopic (exact) mass is 602 g/mol. The number of esters is 2. The number of rotatable bonds is 12. The van der Waals surface area contributed by atoms with Crippen molar-refractivity contribution in [1.29, 1.82) is 0 Å². The fraction of sp³-hybridized carbons (Fsp3) is 0.667. The molecule has 0 heterocycles. The number of hydrogen-bond donors (Lipinski definition) is 1. The van der Waals surface area contributed by atoms with Gasteiger partial charge in [0.25, 0.3) is 15.8 Å². The molecule has 1 N–H and O–H groups in total. The van der Waals surface area contributed by atoms with Crippen molar-refractivity contribution < 1.29 is 46.1 Å². The van der Waals surface area contributed by atoms with Crippen molar-refractivity contribution in [3.63, 3.8) is 0 Å². The molecule has 0 radical (unpaired) electrons. The molecule has 0 aliphatic rings. The number of benzene rings is 1. The van der Waals surface area contributed by atoms with Gasteiger partial charge in [0.1, 0.15) is 22.8 Å². The smallest absolute Gasteiger partial charge is 0.408 e. The van der Waals surface area contributed by atoms with Crippen LogP contribution in [0.2, 0.25) is 0 Å². The predicted octanol–water partition coefficient (Wildman–Crippen LogP) is 4.66. The van der Waals surface area contributed by atoms with Gasteiger partial charge in [-0.1, -0.05) is 0 Å². The number of nitro benzene ring substituents is 1. The Kier molecular flexibility index (Phi) is 12.3. The Labute approximate surface area is 241 Å². The number of alkyl carbamates (subject to hydrolysis) is 1. The summed E-state index contributed by atoms with van der Waals surface area (Å²) in [6.45, 7) is 14.6. The number of non-ortho nitro benzene ring substituents is 1. The number of carbonyl (C=O) groups excluding carboxylic acids is 3. The molecule has 2 atom stereocenters. The molecule has 0 fully saturated rings. The summed E-state index contributed by atoms with van der Waals surface area (Å²) in [5.74, 6) is -2.39. The molecule has 1 aromatic rings. The van der Waals surface area contributed by atoms with E-state index in [0.29, 0.717) is 0 Å². The van der Waals surface area contributed by atoms with Gasteiger partial charge in [0.05, 0.1) is 22.3 Å². The van der Waals surface area contributed by atoms with E-state index in [1.54, 1.807) is 62.3 Å². The average molecular weight is 603 g/mol. The maximum Gasteiger partial charge on any atom is 0.408 e. The van der Waals surface area contributed by atoms with E-state index in [0.717, 1.165) is 24.3 Å². The van der Waals surface area contributed by atoms with E-state index in [-0.39, 0.29) is 36.5 Å². The molecule has 14 heteroatoms. The van der Waals surface area contributed by atoms with Gasteiger partial charge in [0.2, 0.25) is 0 Å². The van der Waals surface area contributed by atoms with E-state index >= 15 is 0 Å². The van der Waals surface area contributed by atoms with E-state index in [1.807, 2.05) is 0 Å². The number of ether oxygens (including phenoxy) is 3. The van der Waals surface area contributed by atoms with Gasteiger partial charge in [0, 0.05) is 12.1 Å². The number of hydrogen-bond acceptors (Lipinski definition) is 11. The van der Waals surface area contributed by atoms with Gasteiger partial charge < -0.3 is 19.5 Å². The molecule has 0 spiro atoms. The topological polar surface area (TPSA) is 177 Å². The summed E-state index contributed by atoms with van der Waals surface area (Å²) in [7, 11) is -4.23. The van der Waals surface area contributed by atoms with Crippen LogP contribution in [-0.2, 0) is 38.1 Å². The van der Waals surface area contributed by atoms with E-state index < -0.39 is 61.8 Å². The molecule has 0 aromatic heterocycles. The summed E-state index contributed by atoms with van der Waals surface area (Å²) >= 11 is 0. The van der Waals surface area contributed by atoms with Crippen molar-refractivity contribution in [2.45, 2.75) is 109 Å². The van der Waals surface area contributed by atoms with Crippen LogP contribution in [0.1, 0.15) is 81.6 Å². The molecule has 1 aromatic carbocycles. The number of nitrogens with zero attached hydrogens (tertiary/aromatic N) is 1. The highest BCUT2D eigenvalue weighted by molar-refractivity contribution is 7.86. The quantitative estimate of drug-likeness (QED) is 0.0878. The molecule has 232 valence electrons. The second kappa shape index (κ2) is 14.1. The lowest BCUT2D eigenvalue weighted by Gasteiger charge is -2.29. The van der Waals surface area contributed by atoms with Crippen LogP contribution in [0, 0.1) is 16.0 Å². The summed E-state index contributed by atoms with van der Waals surface area (Å²) in [6, 6.07) is 2.94. The summed E-state index contributed by atoms with van der Waals surface area (Å²) in [4.78, 5) is 48.5. The highest BCUT2D eigenvalue weighted by atomic mass is 32.2. The van der Waals surface area contributed by atoms with Crippen LogP contribution in [0.15, 0.2) is 29.2 Å². The zero-order chi connectivity index (χ0) is 31.8. The van der Waals surface area contributed by atoms with Crippen LogP contribution in [0.3, 0.4) is 0 Å². The lowest BCUT2D eigenvalue weighted by molar-refractivity contribution is -0.384. The summed E-state index contributed by atoms with van der Waals surface area (Å²) in [6.07, 6.45) is -0.990. The standard InChI is InChI=1S/C27H42N2O11S/c1-25(2,3)38-22(30)18(11-10-16-37-41(35,36)20-14-12-19(13-15-20)29(33)34)17-21(23(31)39-26(4,5)6)28-24(32)40-27(7,8)9/h12-15,18,21H,10-11,16-17H2,1-9H3,(H,28,32)/t18-,21+/m1/s1. The molecule has 0 aliphatic carbocycles. The predicted molar refractivity (Wildman–Crippen MR) is 148 cm³/mol. The fourth-order valence-electron chi connectivity index (χ4n) is 3.34. The van der Waals surface area contributed by atoms with Crippen LogP contribution in [0.25, 0.3) is 0 Å². The second-order valence-electron chi connectivity index (χ2n) is 12.4. The number of nitrogens with one attached hydrogen (secondary N) is 1. The van der Waals surface area contributed by atoms with E-state index in [2.05, 4.69) is 5.32 Å². The van der Waals surface area contributed by atoms with Crippen molar-refractivity contribution in [3.8, 4) is 0 Å². The normalized spacial score (nSPS) is 14.0. The first kappa shape index (κ1) is 35.8. The number of amides is 1. The van der Waals surface area contributed by atoms with Crippen molar-refractivity contribution >= 4 is 33.8 Å². The molecule has 0 unspecified atom stereocenters. The summed E-state index contributed by atoms with van der Waals surface area (Å²) in [5.41, 5.74) is -2.86. The molecule has 0 bridgehead atoms. The molecule has 41 heavy (non-hydrogen) atoms. The Bertz CT molecular complexity index is 1180. The molecular weight excluding hydrogens is 560 g/mol. The second-order valence-corrected chi connectivity index (χ2v) is 14.0. The van der Waals surface area contributed by atoms with E-state index in [4.69, 9.17) is 18.4 Å². The van der Waals surface area contributed by atoms with Crippen LogP contribution in [0.5, 0.6) is 0 Å². The third-order valence-corrected chi connectivity index (χ3v) is 6.24. The first-order valence-corrected chi connectivity index (χ1v) is 14.5. The van der Waals surface area contributed by atoms with Crippen molar-refractivity contribution in [2.75, 3.05) is 6.61 Å². The summed E-state index contributed by atoms with van der Waals surface area (Å²) in [5, 5.41) is 13.3. The summed E-state index contributed by atoms with van der Waals surface area (Å²) < 4.78 is 46.3. The van der Waals surface area contributed by atoms with E-state index in [9.17, 15) is 32.9 Å². The lowest BCUT2D eigenvalue weighted by Crippen LogP contribution is -2.47. The third-order valence-electron chi connectivity index (χ3n) is 4.91. The third kappa shape index (κ3) is 14.3. The Morgan fingerprint density at radius 1 is 0.854 bits per heavy atom. The molecule has 13 nitrogen and oxygen atoms in total. The highest BCUT2D eigenvalue weighted by Crippen LogP contribution is 2.23. The molecule has 1 rings (SSSR count). The Morgan fingerprint density at radius 2 is 1.34 bits per heavy atom. The van der Waals surface area contributed by atoms with Gasteiger partial charge >= 0.3 is 18.0 Å². The zero-order valence-electron chi connectivity index (χ0n) is 25.1. The van der Waals surface area contributed by atoms with Crippen LogP contribution in [-0.4, -0.2) is 60.8 Å². The number of nitro groups is 1. The van der Waals surface area contributed by atoms with Gasteiger partial charge in [-0.2, -0.15) is 8.42 Å². The van der Waals surface area contributed by atoms with Crippen LogP contribution >= 0.6 is 0 Å². The average Bonchev–Trinajstić information content (AvgIpc) is 2.76. The Morgan fingerprint density at radius 3 is 1.80 bits per heavy atom. The first-order valence-electron chi connectivity index (χ1n) is 13.1. The van der Waals surface area contributed by atoms with Crippen molar-refractivity contribution in [3.05, 3.63) is 34.4 Å². The Hall–Kier alpha value is -3.26. The van der Waals surface area contributed by atoms with Crippen LogP contribution in [0.4, 0.5) is 10.5 Å². The fourth-order valence-corrected chi connectivity index (χ4v) is 4.28. The first-order chi connectivity index (χ1) is 18.5. The largest absolute Gasteiger partial charge is 0.460 e. The number of carbonyl (C=O) groups is 3. The molecule has 0 saturated carbocycles. The van der Waals surface area contributed by atoms with Gasteiger partial charge in [0.15, 0.2) is 0 Å². The van der Waals surface area contributed by atoms with E-state index in [1.165, 1.54) is 0 Å². The van der Waals surface area contributed by atoms with Gasteiger partial charge in [-0.05, 0) is 93.7 Å². The maximum absolute atomic E-state index is 13.1. The minimum Gasteiger partial charge on any atom is -0.460 e. The minimum atomic E-state index is -4.23. The van der Waals surface area contributed by atoms with Gasteiger partial charge in [-0.3, -0.25) is 19.1 Å². The zero-order valence-corrected chi connectivity index (χ0v) is 26.0. The molecular formula is C27H42N2O11S. The van der Waals surface area contributed by atoms with Crippen LogP contribution < -0.4 is 5.32 Å². The SMILES string of the molecule is CC(C)(C)OC(=O)N[C@@H](C[C@@H](CCCOS(=O)(=O)c1ccc([N+](=O)[O-])cc1)C(=O)OC(C)(C)C)C(=O)OC(C)(C)C. The highest BCUT2D eigenvalue weighted by Gasteiger charge is 2.35. The van der Waals surface area contributed by atoms with Crippen molar-refractivity contribution in [2.24, 2.45) is 5.92 Å². The molecule has 1 amide bonds. The molecule has 0 saturated heterocycles.